The number of nitrogens with zero attached hydrogens (tertiary/aromatic N) is 1. The molecule has 3 nitrogen and oxygen atoms in total. The molecule has 2 rings (SSSR count). The summed E-state index contributed by atoms with van der Waals surface area (Å²) in [5, 5.41) is 0. The Morgan fingerprint density at radius 2 is 2.16 bits per heavy atom. The Balaban J connectivity index is 1.81. The summed E-state index contributed by atoms with van der Waals surface area (Å²) in [6.07, 6.45) is 3.39. The molecule has 1 saturated heterocycles. The number of aldehydes is 1. The highest BCUT2D eigenvalue weighted by atomic mass is 79.9. The lowest BCUT2D eigenvalue weighted by Crippen LogP contribution is -2.35. The van der Waals surface area contributed by atoms with Crippen LogP contribution in [0.5, 0.6) is 5.75 Å². The number of halogens is 1. The molecule has 0 N–H and O–H groups in total. The highest BCUT2D eigenvalue weighted by Gasteiger charge is 2.15. The topological polar surface area (TPSA) is 29.5 Å². The normalized spacial score (nSPS) is 17.4. The molecule has 0 radical (unpaired) electrons. The lowest BCUT2D eigenvalue weighted by atomic mass is 9.99. The van der Waals surface area contributed by atoms with Crippen molar-refractivity contribution in [3.63, 3.8) is 0 Å². The van der Waals surface area contributed by atoms with E-state index in [0.717, 1.165) is 36.3 Å². The molecule has 0 bridgehead atoms. The number of hydrogen-bond donors (Lipinski definition) is 0. The van der Waals surface area contributed by atoms with Crippen LogP contribution in [0.3, 0.4) is 0 Å². The molecule has 0 unspecified atom stereocenters. The van der Waals surface area contributed by atoms with Gasteiger partial charge in [0.2, 0.25) is 0 Å². The summed E-state index contributed by atoms with van der Waals surface area (Å²) in [4.78, 5) is 13.4. The standard InChI is InChI=1S/C15H20BrNO2/c1-12-4-6-17(7-5-12)8-9-19-15-3-2-14(16)10-13(15)11-18/h2-3,10-12H,4-9H2,1H3. The molecule has 0 aliphatic carbocycles. The highest BCUT2D eigenvalue weighted by molar-refractivity contribution is 9.10. The van der Waals surface area contributed by atoms with Crippen LogP contribution in [0.15, 0.2) is 22.7 Å². The first-order chi connectivity index (χ1) is 9.19. The number of rotatable bonds is 5. The minimum absolute atomic E-state index is 0.599. The summed E-state index contributed by atoms with van der Waals surface area (Å²) in [5.41, 5.74) is 0.599. The fraction of sp³-hybridized carbons (Fsp3) is 0.533. The average molecular weight is 326 g/mol. The van der Waals surface area contributed by atoms with Gasteiger partial charge in [-0.05, 0) is 50.0 Å². The number of piperidine rings is 1. The summed E-state index contributed by atoms with van der Waals surface area (Å²) in [6, 6.07) is 5.52. The Kier molecular flexibility index (Phi) is 5.40. The van der Waals surface area contributed by atoms with E-state index >= 15 is 0 Å². The lowest BCUT2D eigenvalue weighted by molar-refractivity contribution is 0.111. The van der Waals surface area contributed by atoms with Crippen molar-refractivity contribution in [3.05, 3.63) is 28.2 Å². The van der Waals surface area contributed by atoms with Crippen molar-refractivity contribution in [1.29, 1.82) is 0 Å². The zero-order chi connectivity index (χ0) is 13.7. The Morgan fingerprint density at radius 3 is 2.84 bits per heavy atom. The van der Waals surface area contributed by atoms with Crippen LogP contribution >= 0.6 is 15.9 Å². The zero-order valence-corrected chi connectivity index (χ0v) is 12.9. The fourth-order valence-electron chi connectivity index (χ4n) is 2.31. The van der Waals surface area contributed by atoms with Crippen molar-refractivity contribution >= 4 is 22.2 Å². The number of carbonyl (C=O) groups is 1. The molecule has 1 fully saturated rings. The Hall–Kier alpha value is -0.870. The van der Waals surface area contributed by atoms with E-state index in [1.807, 2.05) is 12.1 Å². The van der Waals surface area contributed by atoms with Gasteiger partial charge in [0.1, 0.15) is 12.4 Å². The number of benzene rings is 1. The van der Waals surface area contributed by atoms with Gasteiger partial charge in [-0.25, -0.2) is 0 Å². The maximum atomic E-state index is 11.0. The summed E-state index contributed by atoms with van der Waals surface area (Å²) in [6.45, 7) is 6.20. The smallest absolute Gasteiger partial charge is 0.153 e. The fourth-order valence-corrected chi connectivity index (χ4v) is 2.69. The third-order valence-electron chi connectivity index (χ3n) is 3.64. The minimum atomic E-state index is 0.599. The second kappa shape index (κ2) is 7.06. The quantitative estimate of drug-likeness (QED) is 0.777. The number of hydrogen-bond acceptors (Lipinski definition) is 3. The van der Waals surface area contributed by atoms with E-state index in [-0.39, 0.29) is 0 Å². The van der Waals surface area contributed by atoms with E-state index in [2.05, 4.69) is 27.8 Å². The molecule has 1 aromatic rings. The molecule has 0 atom stereocenters. The monoisotopic (exact) mass is 325 g/mol. The second-order valence-corrected chi connectivity index (χ2v) is 6.09. The van der Waals surface area contributed by atoms with Gasteiger partial charge in [0, 0.05) is 11.0 Å². The molecule has 0 aromatic heterocycles. The van der Waals surface area contributed by atoms with Gasteiger partial charge in [-0.1, -0.05) is 22.9 Å². The van der Waals surface area contributed by atoms with Crippen LogP contribution in [0, 0.1) is 5.92 Å². The summed E-state index contributed by atoms with van der Waals surface area (Å²) in [5.74, 6) is 1.52. The van der Waals surface area contributed by atoms with Gasteiger partial charge in [-0.3, -0.25) is 9.69 Å². The van der Waals surface area contributed by atoms with Crippen LogP contribution in [-0.2, 0) is 0 Å². The molecule has 1 heterocycles. The lowest BCUT2D eigenvalue weighted by Gasteiger charge is -2.29. The van der Waals surface area contributed by atoms with Crippen molar-refractivity contribution in [2.24, 2.45) is 5.92 Å². The first-order valence-electron chi connectivity index (χ1n) is 6.79. The molecular formula is C15H20BrNO2. The predicted octanol–water partition coefficient (Wildman–Crippen LogP) is 3.37. The molecular weight excluding hydrogens is 306 g/mol. The molecule has 0 spiro atoms. The molecule has 104 valence electrons. The molecule has 4 heteroatoms. The van der Waals surface area contributed by atoms with Gasteiger partial charge < -0.3 is 4.74 Å². The maximum Gasteiger partial charge on any atom is 0.153 e. The largest absolute Gasteiger partial charge is 0.492 e. The molecule has 0 saturated carbocycles. The highest BCUT2D eigenvalue weighted by Crippen LogP contribution is 2.22. The summed E-state index contributed by atoms with van der Waals surface area (Å²) in [7, 11) is 0. The first kappa shape index (κ1) is 14.5. The molecule has 1 aliphatic rings. The third-order valence-corrected chi connectivity index (χ3v) is 4.13. The van der Waals surface area contributed by atoms with Gasteiger partial charge in [0.05, 0.1) is 5.56 Å². The van der Waals surface area contributed by atoms with Crippen LogP contribution in [-0.4, -0.2) is 37.4 Å². The van der Waals surface area contributed by atoms with E-state index in [0.29, 0.717) is 17.9 Å². The molecule has 1 aromatic carbocycles. The van der Waals surface area contributed by atoms with E-state index in [4.69, 9.17) is 4.74 Å². The van der Waals surface area contributed by atoms with Crippen molar-refractivity contribution in [2.45, 2.75) is 19.8 Å². The van der Waals surface area contributed by atoms with Crippen LogP contribution in [0.1, 0.15) is 30.1 Å². The Labute approximate surface area is 123 Å². The van der Waals surface area contributed by atoms with Gasteiger partial charge in [0.25, 0.3) is 0 Å². The van der Waals surface area contributed by atoms with Crippen molar-refractivity contribution in [3.8, 4) is 5.75 Å². The van der Waals surface area contributed by atoms with Crippen LogP contribution in [0.4, 0.5) is 0 Å². The van der Waals surface area contributed by atoms with Crippen LogP contribution in [0.2, 0.25) is 0 Å². The van der Waals surface area contributed by atoms with Crippen LogP contribution < -0.4 is 4.74 Å². The maximum absolute atomic E-state index is 11.0. The number of ether oxygens (including phenoxy) is 1. The Morgan fingerprint density at radius 1 is 1.42 bits per heavy atom. The van der Waals surface area contributed by atoms with Crippen molar-refractivity contribution in [2.75, 3.05) is 26.2 Å². The van der Waals surface area contributed by atoms with Gasteiger partial charge >= 0.3 is 0 Å². The third kappa shape index (κ3) is 4.32. The number of carbonyl (C=O) groups excluding carboxylic acids is 1. The van der Waals surface area contributed by atoms with Gasteiger partial charge in [0.15, 0.2) is 6.29 Å². The summed E-state index contributed by atoms with van der Waals surface area (Å²) >= 11 is 3.35. The van der Waals surface area contributed by atoms with E-state index in [1.165, 1.54) is 12.8 Å². The van der Waals surface area contributed by atoms with Gasteiger partial charge in [-0.15, -0.1) is 0 Å². The Bertz CT molecular complexity index is 428. The summed E-state index contributed by atoms with van der Waals surface area (Å²) < 4.78 is 6.61. The SMILES string of the molecule is CC1CCN(CCOc2ccc(Br)cc2C=O)CC1. The second-order valence-electron chi connectivity index (χ2n) is 5.17. The van der Waals surface area contributed by atoms with E-state index in [1.54, 1.807) is 6.07 Å². The average Bonchev–Trinajstić information content (AvgIpc) is 2.42. The molecule has 0 amide bonds. The molecule has 1 aliphatic heterocycles. The zero-order valence-electron chi connectivity index (χ0n) is 11.3. The first-order valence-corrected chi connectivity index (χ1v) is 7.58. The van der Waals surface area contributed by atoms with E-state index in [9.17, 15) is 4.79 Å². The molecule has 19 heavy (non-hydrogen) atoms. The number of likely N-dealkylation sites (tertiary alicyclic amines) is 1. The van der Waals surface area contributed by atoms with Crippen molar-refractivity contribution < 1.29 is 9.53 Å². The predicted molar refractivity (Wildman–Crippen MR) is 79.9 cm³/mol. The minimum Gasteiger partial charge on any atom is -0.492 e. The van der Waals surface area contributed by atoms with Crippen LogP contribution in [0.25, 0.3) is 0 Å². The van der Waals surface area contributed by atoms with Crippen molar-refractivity contribution in [1.82, 2.24) is 4.90 Å². The van der Waals surface area contributed by atoms with E-state index < -0.39 is 0 Å². The van der Waals surface area contributed by atoms with Gasteiger partial charge in [-0.2, -0.15) is 0 Å².